The van der Waals surface area contributed by atoms with Crippen LogP contribution in [0.3, 0.4) is 0 Å². The molecule has 0 aromatic carbocycles. The van der Waals surface area contributed by atoms with Gasteiger partial charge in [-0.1, -0.05) is 0 Å². The molecule has 0 bridgehead atoms. The third-order valence-corrected chi connectivity index (χ3v) is 3.59. The van der Waals surface area contributed by atoms with Crippen LogP contribution in [0.25, 0.3) is 0 Å². The van der Waals surface area contributed by atoms with E-state index in [-0.39, 0.29) is 11.8 Å². The Morgan fingerprint density at radius 2 is 1.87 bits per heavy atom. The van der Waals surface area contributed by atoms with E-state index < -0.39 is 5.60 Å². The van der Waals surface area contributed by atoms with Gasteiger partial charge in [-0.25, -0.2) is 0 Å². The Balaban J connectivity index is 1.85. The molecule has 3 heteroatoms. The summed E-state index contributed by atoms with van der Waals surface area (Å²) in [7, 11) is 1.80. The van der Waals surface area contributed by atoms with Crippen molar-refractivity contribution in [3.63, 3.8) is 0 Å². The van der Waals surface area contributed by atoms with Crippen molar-refractivity contribution in [1.29, 1.82) is 0 Å². The highest BCUT2D eigenvalue weighted by atomic mass is 16.3. The third-order valence-electron chi connectivity index (χ3n) is 3.59. The van der Waals surface area contributed by atoms with Crippen LogP contribution in [-0.4, -0.2) is 35.1 Å². The molecule has 2 unspecified atom stereocenters. The van der Waals surface area contributed by atoms with Gasteiger partial charge >= 0.3 is 0 Å². The SMILES string of the molecule is CN(CC(C)(C)O)C(=O)C1CC2CC2C1. The Kier molecular flexibility index (Phi) is 2.53. The smallest absolute Gasteiger partial charge is 0.225 e. The van der Waals surface area contributed by atoms with Crippen molar-refractivity contribution in [2.75, 3.05) is 13.6 Å². The van der Waals surface area contributed by atoms with Crippen LogP contribution in [0.15, 0.2) is 0 Å². The van der Waals surface area contributed by atoms with E-state index >= 15 is 0 Å². The fourth-order valence-corrected chi connectivity index (χ4v) is 2.89. The molecule has 0 heterocycles. The first kappa shape index (κ1) is 10.9. The van der Waals surface area contributed by atoms with Crippen LogP contribution < -0.4 is 0 Å². The summed E-state index contributed by atoms with van der Waals surface area (Å²) >= 11 is 0. The van der Waals surface area contributed by atoms with Gasteiger partial charge in [-0.2, -0.15) is 0 Å². The summed E-state index contributed by atoms with van der Waals surface area (Å²) in [6.07, 6.45) is 3.51. The van der Waals surface area contributed by atoms with Crippen molar-refractivity contribution in [2.24, 2.45) is 17.8 Å². The molecule has 15 heavy (non-hydrogen) atoms. The van der Waals surface area contributed by atoms with E-state index in [9.17, 15) is 9.90 Å². The van der Waals surface area contributed by atoms with E-state index in [1.807, 2.05) is 0 Å². The summed E-state index contributed by atoms with van der Waals surface area (Å²) in [6, 6.07) is 0. The molecule has 86 valence electrons. The van der Waals surface area contributed by atoms with Crippen LogP contribution in [0.4, 0.5) is 0 Å². The molecule has 0 aromatic heterocycles. The number of aliphatic hydroxyl groups is 1. The predicted molar refractivity (Wildman–Crippen MR) is 58.3 cm³/mol. The molecular formula is C12H21NO2. The van der Waals surface area contributed by atoms with Crippen molar-refractivity contribution in [1.82, 2.24) is 4.90 Å². The van der Waals surface area contributed by atoms with Crippen LogP contribution in [0.1, 0.15) is 33.1 Å². The van der Waals surface area contributed by atoms with Crippen LogP contribution in [-0.2, 0) is 4.79 Å². The fraction of sp³-hybridized carbons (Fsp3) is 0.917. The quantitative estimate of drug-likeness (QED) is 0.763. The maximum atomic E-state index is 12.0. The molecule has 1 amide bonds. The van der Waals surface area contributed by atoms with Crippen molar-refractivity contribution in [3.05, 3.63) is 0 Å². The number of nitrogens with zero attached hydrogens (tertiary/aromatic N) is 1. The topological polar surface area (TPSA) is 40.5 Å². The van der Waals surface area contributed by atoms with Gasteiger partial charge in [0, 0.05) is 19.5 Å². The van der Waals surface area contributed by atoms with Crippen molar-refractivity contribution in [2.45, 2.75) is 38.7 Å². The van der Waals surface area contributed by atoms with E-state index in [0.29, 0.717) is 6.54 Å². The first-order chi connectivity index (χ1) is 6.87. The lowest BCUT2D eigenvalue weighted by molar-refractivity contribution is -0.137. The number of amides is 1. The second-order valence-electron chi connectivity index (χ2n) is 5.93. The maximum Gasteiger partial charge on any atom is 0.225 e. The highest BCUT2D eigenvalue weighted by molar-refractivity contribution is 5.79. The normalized spacial score (nSPS) is 33.7. The summed E-state index contributed by atoms with van der Waals surface area (Å²) in [5.74, 6) is 2.15. The number of fused-ring (bicyclic) bond motifs is 1. The zero-order valence-electron chi connectivity index (χ0n) is 9.86. The first-order valence-corrected chi connectivity index (χ1v) is 5.84. The van der Waals surface area contributed by atoms with Gasteiger partial charge in [0.05, 0.1) is 5.60 Å². The average molecular weight is 211 g/mol. The molecular weight excluding hydrogens is 190 g/mol. The van der Waals surface area contributed by atoms with Crippen LogP contribution in [0, 0.1) is 17.8 Å². The Labute approximate surface area is 91.5 Å². The summed E-state index contributed by atoms with van der Waals surface area (Å²) < 4.78 is 0. The van der Waals surface area contributed by atoms with Crippen LogP contribution >= 0.6 is 0 Å². The number of carbonyl (C=O) groups excluding carboxylic acids is 1. The molecule has 0 aliphatic heterocycles. The predicted octanol–water partition coefficient (Wildman–Crippen LogP) is 1.26. The fourth-order valence-electron chi connectivity index (χ4n) is 2.89. The Morgan fingerprint density at radius 3 is 2.33 bits per heavy atom. The minimum Gasteiger partial charge on any atom is -0.389 e. The number of hydrogen-bond donors (Lipinski definition) is 1. The molecule has 2 aliphatic rings. The number of hydrogen-bond acceptors (Lipinski definition) is 2. The molecule has 2 saturated carbocycles. The molecule has 3 nitrogen and oxygen atoms in total. The molecule has 1 N–H and O–H groups in total. The molecule has 2 atom stereocenters. The zero-order valence-corrected chi connectivity index (χ0v) is 9.86. The first-order valence-electron chi connectivity index (χ1n) is 5.84. The molecule has 0 spiro atoms. The highest BCUT2D eigenvalue weighted by Crippen LogP contribution is 2.54. The second kappa shape index (κ2) is 3.48. The lowest BCUT2D eigenvalue weighted by Gasteiger charge is -2.28. The van der Waals surface area contributed by atoms with Gasteiger partial charge in [0.1, 0.15) is 0 Å². The van der Waals surface area contributed by atoms with Crippen LogP contribution in [0.2, 0.25) is 0 Å². The summed E-state index contributed by atoms with van der Waals surface area (Å²) in [5, 5.41) is 9.65. The molecule has 0 saturated heterocycles. The van der Waals surface area contributed by atoms with Gasteiger partial charge < -0.3 is 10.0 Å². The average Bonchev–Trinajstić information content (AvgIpc) is 2.69. The largest absolute Gasteiger partial charge is 0.389 e. The minimum atomic E-state index is -0.786. The number of likely N-dealkylation sites (N-methyl/N-ethyl adjacent to an activating group) is 1. The highest BCUT2D eigenvalue weighted by Gasteiger charge is 2.48. The molecule has 2 rings (SSSR count). The number of carbonyl (C=O) groups is 1. The molecule has 0 radical (unpaired) electrons. The van der Waals surface area contributed by atoms with Crippen molar-refractivity contribution >= 4 is 5.91 Å². The van der Waals surface area contributed by atoms with E-state index in [4.69, 9.17) is 0 Å². The van der Waals surface area contributed by atoms with E-state index in [2.05, 4.69) is 0 Å². The van der Waals surface area contributed by atoms with Gasteiger partial charge in [-0.05, 0) is 44.9 Å². The van der Waals surface area contributed by atoms with Crippen molar-refractivity contribution in [3.8, 4) is 0 Å². The molecule has 2 fully saturated rings. The van der Waals surface area contributed by atoms with E-state index in [1.54, 1.807) is 25.8 Å². The van der Waals surface area contributed by atoms with Gasteiger partial charge in [0.15, 0.2) is 0 Å². The van der Waals surface area contributed by atoms with Gasteiger partial charge in [-0.3, -0.25) is 4.79 Å². The van der Waals surface area contributed by atoms with Crippen molar-refractivity contribution < 1.29 is 9.90 Å². The summed E-state index contributed by atoms with van der Waals surface area (Å²) in [5.41, 5.74) is -0.786. The summed E-state index contributed by atoms with van der Waals surface area (Å²) in [6.45, 7) is 3.91. The second-order valence-corrected chi connectivity index (χ2v) is 5.93. The Bertz CT molecular complexity index is 259. The lowest BCUT2D eigenvalue weighted by atomic mass is 10.0. The maximum absolute atomic E-state index is 12.0. The van der Waals surface area contributed by atoms with Gasteiger partial charge in [0.25, 0.3) is 0 Å². The standard InChI is InChI=1S/C12H21NO2/c1-12(2,15)7-13(3)11(14)10-5-8-4-9(8)6-10/h8-10,15H,4-7H2,1-3H3. The summed E-state index contributed by atoms with van der Waals surface area (Å²) in [4.78, 5) is 13.7. The molecule has 0 aromatic rings. The van der Waals surface area contributed by atoms with Gasteiger partial charge in [-0.15, -0.1) is 0 Å². The van der Waals surface area contributed by atoms with Gasteiger partial charge in [0.2, 0.25) is 5.91 Å². The minimum absolute atomic E-state index is 0.226. The molecule has 2 aliphatic carbocycles. The van der Waals surface area contributed by atoms with E-state index in [0.717, 1.165) is 24.7 Å². The lowest BCUT2D eigenvalue weighted by Crippen LogP contribution is -2.42. The Morgan fingerprint density at radius 1 is 1.33 bits per heavy atom. The zero-order chi connectivity index (χ0) is 11.2. The monoisotopic (exact) mass is 211 g/mol. The number of rotatable bonds is 3. The van der Waals surface area contributed by atoms with E-state index in [1.165, 1.54) is 6.42 Å². The van der Waals surface area contributed by atoms with Crippen LogP contribution in [0.5, 0.6) is 0 Å². The Hall–Kier alpha value is -0.570. The third kappa shape index (κ3) is 2.51.